The molecule has 98 valence electrons. The quantitative estimate of drug-likeness (QED) is 0.659. The number of rotatable bonds is 9. The molecule has 0 radical (unpaired) electrons. The molecule has 0 saturated carbocycles. The first kappa shape index (κ1) is 14.1. The molecule has 0 bridgehead atoms. The van der Waals surface area contributed by atoms with Crippen LogP contribution in [0.2, 0.25) is 0 Å². The molecule has 0 spiro atoms. The molecule has 2 N–H and O–H groups in total. The van der Waals surface area contributed by atoms with Gasteiger partial charge >= 0.3 is 0 Å². The van der Waals surface area contributed by atoms with Crippen LogP contribution in [0.15, 0.2) is 6.20 Å². The van der Waals surface area contributed by atoms with Crippen LogP contribution in [0.4, 0.5) is 0 Å². The van der Waals surface area contributed by atoms with E-state index in [1.165, 1.54) is 0 Å². The fourth-order valence-electron chi connectivity index (χ4n) is 1.42. The Hall–Kier alpha value is -0.940. The summed E-state index contributed by atoms with van der Waals surface area (Å²) in [7, 11) is 0. The average Bonchev–Trinajstić information content (AvgIpc) is 2.73. The minimum absolute atomic E-state index is 0.698. The monoisotopic (exact) mass is 240 g/mol. The third-order valence-electron chi connectivity index (χ3n) is 2.53. The summed E-state index contributed by atoms with van der Waals surface area (Å²) in [6.07, 6.45) is 4.95. The molecule has 5 nitrogen and oxygen atoms in total. The molecule has 0 unspecified atom stereocenters. The Bertz CT molecular complexity index is 298. The molecule has 0 amide bonds. The molecule has 1 rings (SSSR count). The van der Waals surface area contributed by atoms with Crippen LogP contribution in [0, 0.1) is 5.92 Å². The Balaban J connectivity index is 2.12. The van der Waals surface area contributed by atoms with Crippen molar-refractivity contribution in [2.24, 2.45) is 11.7 Å². The molecule has 0 aliphatic heterocycles. The van der Waals surface area contributed by atoms with Gasteiger partial charge in [-0.3, -0.25) is 0 Å². The van der Waals surface area contributed by atoms with E-state index in [2.05, 4.69) is 24.2 Å². The smallest absolute Gasteiger partial charge is 0.0827 e. The van der Waals surface area contributed by atoms with E-state index in [1.54, 1.807) is 0 Å². The van der Waals surface area contributed by atoms with E-state index in [1.807, 2.05) is 10.9 Å². The van der Waals surface area contributed by atoms with E-state index in [4.69, 9.17) is 10.5 Å². The predicted octanol–water partition coefficient (Wildman–Crippen LogP) is 1.23. The molecule has 0 aliphatic rings. The van der Waals surface area contributed by atoms with Crippen molar-refractivity contribution in [1.29, 1.82) is 0 Å². The normalized spacial score (nSPS) is 11.3. The highest BCUT2D eigenvalue weighted by molar-refractivity contribution is 4.92. The van der Waals surface area contributed by atoms with Crippen LogP contribution in [0.5, 0.6) is 0 Å². The van der Waals surface area contributed by atoms with Gasteiger partial charge in [0.1, 0.15) is 0 Å². The summed E-state index contributed by atoms with van der Waals surface area (Å²) in [5.41, 5.74) is 6.46. The zero-order valence-corrected chi connectivity index (χ0v) is 10.9. The van der Waals surface area contributed by atoms with Gasteiger partial charge < -0.3 is 10.5 Å². The number of hydrogen-bond donors (Lipinski definition) is 1. The molecular formula is C12H24N4O. The molecule has 1 aromatic heterocycles. The lowest BCUT2D eigenvalue weighted by atomic mass is 10.1. The fourth-order valence-corrected chi connectivity index (χ4v) is 1.42. The lowest BCUT2D eigenvalue weighted by Crippen LogP contribution is -2.08. The van der Waals surface area contributed by atoms with Crippen molar-refractivity contribution in [2.45, 2.75) is 39.7 Å². The molecular weight excluding hydrogens is 216 g/mol. The maximum absolute atomic E-state index is 5.53. The van der Waals surface area contributed by atoms with E-state index in [9.17, 15) is 0 Å². The lowest BCUT2D eigenvalue weighted by molar-refractivity contribution is 0.113. The SMILES string of the molecule is CC(C)CCOCCn1cc(CCCN)nn1. The van der Waals surface area contributed by atoms with Gasteiger partial charge in [-0.05, 0) is 31.7 Å². The van der Waals surface area contributed by atoms with Gasteiger partial charge in [-0.15, -0.1) is 5.10 Å². The second-order valence-corrected chi connectivity index (χ2v) is 4.66. The van der Waals surface area contributed by atoms with Crippen LogP contribution < -0.4 is 5.73 Å². The van der Waals surface area contributed by atoms with Gasteiger partial charge in [-0.2, -0.15) is 0 Å². The topological polar surface area (TPSA) is 66.0 Å². The van der Waals surface area contributed by atoms with Crippen LogP contribution >= 0.6 is 0 Å². The summed E-state index contributed by atoms with van der Waals surface area (Å²) in [6.45, 7) is 7.40. The third-order valence-corrected chi connectivity index (χ3v) is 2.53. The standard InChI is InChI=1S/C12H24N4O/c1-11(2)5-8-17-9-7-16-10-12(14-15-16)4-3-6-13/h10-11H,3-9,13H2,1-2H3. The second kappa shape index (κ2) is 8.20. The van der Waals surface area contributed by atoms with E-state index >= 15 is 0 Å². The Morgan fingerprint density at radius 2 is 2.24 bits per heavy atom. The highest BCUT2D eigenvalue weighted by Crippen LogP contribution is 2.00. The highest BCUT2D eigenvalue weighted by atomic mass is 16.5. The minimum atomic E-state index is 0.698. The van der Waals surface area contributed by atoms with Crippen LogP contribution in [0.1, 0.15) is 32.4 Å². The highest BCUT2D eigenvalue weighted by Gasteiger charge is 2.00. The average molecular weight is 240 g/mol. The van der Waals surface area contributed by atoms with Crippen LogP contribution in [0.3, 0.4) is 0 Å². The van der Waals surface area contributed by atoms with Gasteiger partial charge in [0.25, 0.3) is 0 Å². The summed E-state index contributed by atoms with van der Waals surface area (Å²) in [5, 5.41) is 8.13. The van der Waals surface area contributed by atoms with Crippen molar-refractivity contribution in [3.05, 3.63) is 11.9 Å². The van der Waals surface area contributed by atoms with Crippen molar-refractivity contribution >= 4 is 0 Å². The van der Waals surface area contributed by atoms with Crippen LogP contribution in [-0.2, 0) is 17.7 Å². The minimum Gasteiger partial charge on any atom is -0.380 e. The molecule has 0 atom stereocenters. The maximum atomic E-state index is 5.53. The van der Waals surface area contributed by atoms with Gasteiger partial charge in [0, 0.05) is 12.8 Å². The lowest BCUT2D eigenvalue weighted by Gasteiger charge is -2.05. The Kier molecular flexibility index (Phi) is 6.81. The van der Waals surface area contributed by atoms with E-state index in [-0.39, 0.29) is 0 Å². The van der Waals surface area contributed by atoms with Crippen LogP contribution in [-0.4, -0.2) is 34.8 Å². The van der Waals surface area contributed by atoms with E-state index in [0.717, 1.165) is 38.1 Å². The fraction of sp³-hybridized carbons (Fsp3) is 0.833. The molecule has 0 aliphatic carbocycles. The first-order valence-electron chi connectivity index (χ1n) is 6.39. The van der Waals surface area contributed by atoms with Crippen molar-refractivity contribution in [3.63, 3.8) is 0 Å². The first-order chi connectivity index (χ1) is 8.22. The number of aromatic nitrogens is 3. The van der Waals surface area contributed by atoms with Gasteiger partial charge in [-0.1, -0.05) is 19.1 Å². The molecule has 0 saturated heterocycles. The van der Waals surface area contributed by atoms with Crippen LogP contribution in [0.25, 0.3) is 0 Å². The molecule has 5 heteroatoms. The second-order valence-electron chi connectivity index (χ2n) is 4.66. The van der Waals surface area contributed by atoms with E-state index in [0.29, 0.717) is 19.1 Å². The molecule has 0 aromatic carbocycles. The maximum Gasteiger partial charge on any atom is 0.0827 e. The number of aryl methyl sites for hydroxylation is 1. The van der Waals surface area contributed by atoms with Crippen molar-refractivity contribution in [2.75, 3.05) is 19.8 Å². The van der Waals surface area contributed by atoms with Gasteiger partial charge in [-0.25, -0.2) is 4.68 Å². The number of nitrogens with two attached hydrogens (primary N) is 1. The summed E-state index contributed by atoms with van der Waals surface area (Å²) in [4.78, 5) is 0. The summed E-state index contributed by atoms with van der Waals surface area (Å²) in [6, 6.07) is 0. The number of ether oxygens (including phenoxy) is 1. The zero-order valence-electron chi connectivity index (χ0n) is 10.9. The first-order valence-corrected chi connectivity index (χ1v) is 6.39. The van der Waals surface area contributed by atoms with Gasteiger partial charge in [0.2, 0.25) is 0 Å². The Morgan fingerprint density at radius 1 is 1.41 bits per heavy atom. The Morgan fingerprint density at radius 3 is 2.94 bits per heavy atom. The summed E-state index contributed by atoms with van der Waals surface area (Å²) in [5.74, 6) is 0.698. The van der Waals surface area contributed by atoms with Crippen molar-refractivity contribution in [1.82, 2.24) is 15.0 Å². The van der Waals surface area contributed by atoms with Gasteiger partial charge in [0.15, 0.2) is 0 Å². The number of nitrogens with zero attached hydrogens (tertiary/aromatic N) is 3. The summed E-state index contributed by atoms with van der Waals surface area (Å²) >= 11 is 0. The zero-order chi connectivity index (χ0) is 12.5. The van der Waals surface area contributed by atoms with Crippen molar-refractivity contribution < 1.29 is 4.74 Å². The Labute approximate surface area is 103 Å². The molecule has 1 aromatic rings. The largest absolute Gasteiger partial charge is 0.380 e. The predicted molar refractivity (Wildman–Crippen MR) is 67.7 cm³/mol. The molecule has 1 heterocycles. The van der Waals surface area contributed by atoms with E-state index < -0.39 is 0 Å². The van der Waals surface area contributed by atoms with Gasteiger partial charge in [0.05, 0.1) is 18.8 Å². The summed E-state index contributed by atoms with van der Waals surface area (Å²) < 4.78 is 7.36. The molecule has 17 heavy (non-hydrogen) atoms. The van der Waals surface area contributed by atoms with Crippen molar-refractivity contribution in [3.8, 4) is 0 Å². The third kappa shape index (κ3) is 6.38. The number of hydrogen-bond acceptors (Lipinski definition) is 4. The molecule has 0 fully saturated rings.